The maximum atomic E-state index is 6.69. The highest BCUT2D eigenvalue weighted by Crippen LogP contribution is 2.42. The molecule has 0 aliphatic heterocycles. The fraction of sp³-hybridized carbons (Fsp3) is 0. The van der Waals surface area contributed by atoms with Gasteiger partial charge in [-0.05, 0) is 48.5 Å². The average molecular weight is 718 g/mol. The van der Waals surface area contributed by atoms with Crippen molar-refractivity contribution >= 4 is 65.6 Å². The van der Waals surface area contributed by atoms with Gasteiger partial charge in [-0.15, -0.1) is 10.2 Å². The summed E-state index contributed by atoms with van der Waals surface area (Å²) in [4.78, 5) is 0. The van der Waals surface area contributed by atoms with Crippen molar-refractivity contribution in [1.29, 1.82) is 0 Å². The van der Waals surface area contributed by atoms with Crippen LogP contribution in [0.1, 0.15) is 0 Å². The summed E-state index contributed by atoms with van der Waals surface area (Å²) in [6.07, 6.45) is 0. The van der Waals surface area contributed by atoms with Gasteiger partial charge in [0, 0.05) is 54.8 Å². The number of furan rings is 1. The van der Waals surface area contributed by atoms with E-state index in [0.29, 0.717) is 0 Å². The van der Waals surface area contributed by atoms with Crippen molar-refractivity contribution < 1.29 is 4.42 Å². The Hall–Kier alpha value is -7.70. The lowest BCUT2D eigenvalue weighted by molar-refractivity contribution is 0.671. The van der Waals surface area contributed by atoms with Crippen molar-refractivity contribution in [1.82, 2.24) is 23.9 Å². The van der Waals surface area contributed by atoms with Crippen molar-refractivity contribution in [2.45, 2.75) is 0 Å². The van der Waals surface area contributed by atoms with Crippen LogP contribution >= 0.6 is 0 Å². The van der Waals surface area contributed by atoms with Gasteiger partial charge in [0.1, 0.15) is 5.58 Å². The quantitative estimate of drug-likeness (QED) is 0.178. The predicted molar refractivity (Wildman–Crippen MR) is 228 cm³/mol. The first-order valence-corrected chi connectivity index (χ1v) is 18.8. The Balaban J connectivity index is 1.17. The standard InChI is InChI=1S/C50H31N5O/c1-3-15-32(16-4-1)49-51-52-50(33-17-5-2-6-18-33)55(49)44-27-14-24-39-36-21-7-10-25-42(36)53(46(39)44)34-19-13-20-35(31-34)54-43-26-11-8-22-37(43)40-29-30-41-38-23-9-12-28-45(38)56-48(41)47(40)54/h1-31H. The van der Waals surface area contributed by atoms with Gasteiger partial charge in [0.15, 0.2) is 17.2 Å². The van der Waals surface area contributed by atoms with Crippen molar-refractivity contribution in [2.75, 3.05) is 0 Å². The summed E-state index contributed by atoms with van der Waals surface area (Å²) in [5.74, 6) is 1.56. The average Bonchev–Trinajstić information content (AvgIpc) is 4.04. The molecule has 0 unspecified atom stereocenters. The first kappa shape index (κ1) is 30.7. The second kappa shape index (κ2) is 11.9. The van der Waals surface area contributed by atoms with E-state index in [1.165, 1.54) is 10.8 Å². The lowest BCUT2D eigenvalue weighted by Crippen LogP contribution is -2.05. The molecule has 0 amide bonds. The lowest BCUT2D eigenvalue weighted by Gasteiger charge is -2.17. The fourth-order valence-electron chi connectivity index (χ4n) is 8.78. The van der Waals surface area contributed by atoms with Gasteiger partial charge >= 0.3 is 0 Å². The second-order valence-electron chi connectivity index (χ2n) is 14.2. The maximum absolute atomic E-state index is 6.69. The van der Waals surface area contributed by atoms with Crippen LogP contribution in [0, 0.1) is 0 Å². The molecule has 0 spiro atoms. The third-order valence-corrected chi connectivity index (χ3v) is 11.2. The molecule has 4 aromatic heterocycles. The molecule has 0 bridgehead atoms. The van der Waals surface area contributed by atoms with Gasteiger partial charge in [-0.1, -0.05) is 140 Å². The highest BCUT2D eigenvalue weighted by molar-refractivity contribution is 6.21. The number of para-hydroxylation sites is 4. The summed E-state index contributed by atoms with van der Waals surface area (Å²) >= 11 is 0. The van der Waals surface area contributed by atoms with Crippen LogP contribution in [-0.2, 0) is 0 Å². The van der Waals surface area contributed by atoms with Crippen molar-refractivity contribution in [3.05, 3.63) is 188 Å². The Morgan fingerprint density at radius 2 is 0.857 bits per heavy atom. The zero-order valence-corrected chi connectivity index (χ0v) is 30.0. The van der Waals surface area contributed by atoms with Crippen LogP contribution in [0.4, 0.5) is 0 Å². The van der Waals surface area contributed by atoms with E-state index >= 15 is 0 Å². The zero-order valence-electron chi connectivity index (χ0n) is 30.0. The second-order valence-corrected chi connectivity index (χ2v) is 14.2. The van der Waals surface area contributed by atoms with Crippen molar-refractivity contribution in [3.8, 4) is 39.8 Å². The van der Waals surface area contributed by atoms with Gasteiger partial charge in [0.2, 0.25) is 0 Å². The van der Waals surface area contributed by atoms with E-state index in [1.807, 2.05) is 42.5 Å². The Bertz CT molecular complexity index is 3420. The number of aromatic nitrogens is 5. The molecule has 0 saturated heterocycles. The van der Waals surface area contributed by atoms with E-state index in [0.717, 1.165) is 94.6 Å². The van der Waals surface area contributed by atoms with Crippen LogP contribution in [0.5, 0.6) is 0 Å². The van der Waals surface area contributed by atoms with E-state index < -0.39 is 0 Å². The van der Waals surface area contributed by atoms with E-state index in [9.17, 15) is 0 Å². The van der Waals surface area contributed by atoms with Crippen molar-refractivity contribution in [2.24, 2.45) is 0 Å². The van der Waals surface area contributed by atoms with E-state index in [4.69, 9.17) is 14.6 Å². The van der Waals surface area contributed by atoms with Crippen LogP contribution in [-0.4, -0.2) is 23.9 Å². The molecule has 0 saturated carbocycles. The van der Waals surface area contributed by atoms with Gasteiger partial charge in [-0.25, -0.2) is 0 Å². The molecule has 0 aliphatic carbocycles. The highest BCUT2D eigenvalue weighted by atomic mass is 16.3. The molecule has 0 aliphatic rings. The summed E-state index contributed by atoms with van der Waals surface area (Å²) in [5, 5.41) is 16.6. The molecule has 56 heavy (non-hydrogen) atoms. The van der Waals surface area contributed by atoms with Gasteiger partial charge in [0.05, 0.1) is 27.8 Å². The molecule has 262 valence electrons. The number of hydrogen-bond acceptors (Lipinski definition) is 3. The van der Waals surface area contributed by atoms with E-state index in [2.05, 4.69) is 159 Å². The summed E-state index contributed by atoms with van der Waals surface area (Å²) in [7, 11) is 0. The van der Waals surface area contributed by atoms with Crippen molar-refractivity contribution in [3.63, 3.8) is 0 Å². The largest absolute Gasteiger partial charge is 0.454 e. The van der Waals surface area contributed by atoms with Crippen LogP contribution < -0.4 is 0 Å². The van der Waals surface area contributed by atoms with Gasteiger partial charge in [0.25, 0.3) is 0 Å². The Kier molecular flexibility index (Phi) is 6.53. The molecule has 8 aromatic carbocycles. The summed E-state index contributed by atoms with van der Waals surface area (Å²) in [6, 6.07) is 66.1. The van der Waals surface area contributed by atoms with E-state index in [1.54, 1.807) is 0 Å². The topological polar surface area (TPSA) is 53.7 Å². The fourth-order valence-corrected chi connectivity index (χ4v) is 8.78. The minimum absolute atomic E-state index is 0.780. The number of benzene rings is 8. The molecule has 12 rings (SSSR count). The number of nitrogens with zero attached hydrogens (tertiary/aromatic N) is 5. The SMILES string of the molecule is c1ccc(-c2nnc(-c3ccccc3)n2-c2cccc3c4ccccc4n(-c4cccc(-n5c6ccccc6c6ccc7c8ccccc8oc7c65)c4)c23)cc1. The Morgan fingerprint density at radius 1 is 0.357 bits per heavy atom. The van der Waals surface area contributed by atoms with Crippen LogP contribution in [0.25, 0.3) is 105 Å². The predicted octanol–water partition coefficient (Wildman–Crippen LogP) is 12.7. The molecule has 12 aromatic rings. The zero-order chi connectivity index (χ0) is 36.7. The monoisotopic (exact) mass is 717 g/mol. The first-order chi connectivity index (χ1) is 27.8. The van der Waals surface area contributed by atoms with Crippen LogP contribution in [0.15, 0.2) is 192 Å². The number of fused-ring (bicyclic) bond motifs is 10. The van der Waals surface area contributed by atoms with Gasteiger partial charge in [-0.3, -0.25) is 4.57 Å². The maximum Gasteiger partial charge on any atom is 0.168 e. The molecule has 6 heteroatoms. The molecular formula is C50H31N5O. The third-order valence-electron chi connectivity index (χ3n) is 11.2. The Morgan fingerprint density at radius 3 is 1.52 bits per heavy atom. The normalized spacial score (nSPS) is 11.9. The molecule has 0 atom stereocenters. The Labute approximate surface area is 320 Å². The first-order valence-electron chi connectivity index (χ1n) is 18.8. The number of rotatable bonds is 5. The summed E-state index contributed by atoms with van der Waals surface area (Å²) in [5.41, 5.74) is 11.2. The highest BCUT2D eigenvalue weighted by Gasteiger charge is 2.24. The minimum atomic E-state index is 0.780. The molecule has 4 heterocycles. The smallest absolute Gasteiger partial charge is 0.168 e. The molecule has 0 fully saturated rings. The van der Waals surface area contributed by atoms with Gasteiger partial charge in [-0.2, -0.15) is 0 Å². The molecule has 6 nitrogen and oxygen atoms in total. The van der Waals surface area contributed by atoms with Crippen LogP contribution in [0.2, 0.25) is 0 Å². The van der Waals surface area contributed by atoms with E-state index in [-0.39, 0.29) is 0 Å². The van der Waals surface area contributed by atoms with Gasteiger partial charge < -0.3 is 13.6 Å². The summed E-state index contributed by atoms with van der Waals surface area (Å²) in [6.45, 7) is 0. The third kappa shape index (κ3) is 4.38. The minimum Gasteiger partial charge on any atom is -0.454 e. The molecule has 0 radical (unpaired) electrons. The molecule has 0 N–H and O–H groups in total. The van der Waals surface area contributed by atoms with Crippen LogP contribution in [0.3, 0.4) is 0 Å². The lowest BCUT2D eigenvalue weighted by atomic mass is 10.1. The number of hydrogen-bond donors (Lipinski definition) is 0. The molecular weight excluding hydrogens is 687 g/mol. The summed E-state index contributed by atoms with van der Waals surface area (Å²) < 4.78 is 13.7.